The number of carbonyl (C=O) groups excluding carboxylic acids is 2. The van der Waals surface area contributed by atoms with Crippen LogP contribution in [0, 0.1) is 0 Å². The molecule has 0 fully saturated rings. The molecule has 3 rings (SSSR count). The first kappa shape index (κ1) is 22.8. The summed E-state index contributed by atoms with van der Waals surface area (Å²) in [7, 11) is 0. The summed E-state index contributed by atoms with van der Waals surface area (Å²) in [6.07, 6.45) is 0. The highest BCUT2D eigenvalue weighted by Crippen LogP contribution is 2.36. The minimum atomic E-state index is -0.413. The van der Waals surface area contributed by atoms with Gasteiger partial charge in [0.25, 0.3) is 11.8 Å². The predicted octanol–water partition coefficient (Wildman–Crippen LogP) is 6.65. The van der Waals surface area contributed by atoms with E-state index < -0.39 is 11.8 Å². The van der Waals surface area contributed by atoms with Crippen LogP contribution in [0.25, 0.3) is 0 Å². The topological polar surface area (TPSA) is 98.7 Å². The Morgan fingerprint density at radius 1 is 0.633 bits per heavy atom. The molecule has 0 atom stereocenters. The molecular formula is C20H12Br4N2O4. The van der Waals surface area contributed by atoms with Crippen molar-refractivity contribution in [2.24, 2.45) is 0 Å². The standard InChI is InChI=1S/C20H12Br4N2O4/c21-13-5-11(6-14(22)17(13)27)25-19(29)9-2-1-3-10(4-9)20(30)26-12-7-15(23)18(28)16(24)8-12/h1-8,27-28H,(H,25,29)(H,26,30). The molecule has 0 spiro atoms. The molecule has 0 heterocycles. The van der Waals surface area contributed by atoms with Crippen molar-refractivity contribution in [2.45, 2.75) is 0 Å². The second-order valence-corrected chi connectivity index (χ2v) is 9.48. The highest BCUT2D eigenvalue weighted by Gasteiger charge is 2.14. The van der Waals surface area contributed by atoms with E-state index in [0.717, 1.165) is 0 Å². The van der Waals surface area contributed by atoms with Gasteiger partial charge in [0.05, 0.1) is 17.9 Å². The third-order valence-electron chi connectivity index (χ3n) is 3.94. The normalized spacial score (nSPS) is 10.5. The Labute approximate surface area is 205 Å². The Balaban J connectivity index is 1.78. The van der Waals surface area contributed by atoms with Crippen LogP contribution in [0.15, 0.2) is 66.4 Å². The van der Waals surface area contributed by atoms with E-state index in [4.69, 9.17) is 0 Å². The maximum atomic E-state index is 12.6. The highest BCUT2D eigenvalue weighted by atomic mass is 79.9. The molecule has 0 saturated carbocycles. The van der Waals surface area contributed by atoms with E-state index in [0.29, 0.717) is 29.3 Å². The summed E-state index contributed by atoms with van der Waals surface area (Å²) in [6, 6.07) is 12.5. The van der Waals surface area contributed by atoms with Crippen LogP contribution in [-0.2, 0) is 0 Å². The van der Waals surface area contributed by atoms with Crippen molar-refractivity contribution in [3.05, 3.63) is 77.5 Å². The Bertz CT molecular complexity index is 1030. The number of benzene rings is 3. The largest absolute Gasteiger partial charge is 0.506 e. The molecule has 154 valence electrons. The number of anilines is 2. The fraction of sp³-hybridized carbons (Fsp3) is 0. The third kappa shape index (κ3) is 5.23. The Kier molecular flexibility index (Phi) is 7.22. The van der Waals surface area contributed by atoms with Crippen molar-refractivity contribution in [3.8, 4) is 11.5 Å². The van der Waals surface area contributed by atoms with E-state index in [1.165, 1.54) is 6.07 Å². The van der Waals surface area contributed by atoms with Gasteiger partial charge in [-0.2, -0.15) is 0 Å². The number of amides is 2. The highest BCUT2D eigenvalue weighted by molar-refractivity contribution is 9.11. The van der Waals surface area contributed by atoms with Gasteiger partial charge >= 0.3 is 0 Å². The molecule has 0 saturated heterocycles. The lowest BCUT2D eigenvalue weighted by Crippen LogP contribution is -2.15. The summed E-state index contributed by atoms with van der Waals surface area (Å²) in [6.45, 7) is 0. The van der Waals surface area contributed by atoms with Crippen LogP contribution in [-0.4, -0.2) is 22.0 Å². The number of hydrogen-bond donors (Lipinski definition) is 4. The van der Waals surface area contributed by atoms with Crippen molar-refractivity contribution >= 4 is 86.9 Å². The summed E-state index contributed by atoms with van der Waals surface area (Å²) in [5.41, 5.74) is 1.50. The number of aromatic hydroxyl groups is 2. The zero-order chi connectivity index (χ0) is 22.0. The molecule has 0 aliphatic heterocycles. The first-order valence-electron chi connectivity index (χ1n) is 8.24. The zero-order valence-corrected chi connectivity index (χ0v) is 21.2. The van der Waals surface area contributed by atoms with Gasteiger partial charge in [0.1, 0.15) is 11.5 Å². The molecule has 30 heavy (non-hydrogen) atoms. The summed E-state index contributed by atoms with van der Waals surface area (Å²) >= 11 is 12.9. The van der Waals surface area contributed by atoms with Crippen molar-refractivity contribution in [3.63, 3.8) is 0 Å². The lowest BCUT2D eigenvalue weighted by Gasteiger charge is -2.10. The number of hydrogen-bond acceptors (Lipinski definition) is 4. The fourth-order valence-corrected chi connectivity index (χ4v) is 4.86. The Morgan fingerprint density at radius 3 is 1.30 bits per heavy atom. The second kappa shape index (κ2) is 9.51. The minimum Gasteiger partial charge on any atom is -0.506 e. The molecule has 3 aromatic carbocycles. The van der Waals surface area contributed by atoms with Gasteiger partial charge in [0.15, 0.2) is 0 Å². The molecule has 0 aromatic heterocycles. The molecule has 6 nitrogen and oxygen atoms in total. The van der Waals surface area contributed by atoms with Crippen LogP contribution in [0.1, 0.15) is 20.7 Å². The summed E-state index contributed by atoms with van der Waals surface area (Å²) in [5.74, 6) is -0.771. The van der Waals surface area contributed by atoms with Crippen LogP contribution in [0.3, 0.4) is 0 Å². The molecule has 2 amide bonds. The van der Waals surface area contributed by atoms with Gasteiger partial charge in [-0.25, -0.2) is 0 Å². The van der Waals surface area contributed by atoms with E-state index in [9.17, 15) is 19.8 Å². The van der Waals surface area contributed by atoms with E-state index in [1.54, 1.807) is 42.5 Å². The van der Waals surface area contributed by atoms with Crippen molar-refractivity contribution in [1.29, 1.82) is 0 Å². The molecule has 4 N–H and O–H groups in total. The Hall–Kier alpha value is -1.88. The van der Waals surface area contributed by atoms with Crippen molar-refractivity contribution in [1.82, 2.24) is 0 Å². The van der Waals surface area contributed by atoms with Crippen LogP contribution in [0.5, 0.6) is 11.5 Å². The number of nitrogens with one attached hydrogen (secondary N) is 2. The van der Waals surface area contributed by atoms with E-state index in [-0.39, 0.29) is 22.6 Å². The number of rotatable bonds is 4. The number of phenols is 2. The average Bonchev–Trinajstić information content (AvgIpc) is 2.70. The molecule has 0 aliphatic rings. The van der Waals surface area contributed by atoms with E-state index in [1.807, 2.05) is 0 Å². The molecular weight excluding hydrogens is 652 g/mol. The third-order valence-corrected chi connectivity index (χ3v) is 6.35. The lowest BCUT2D eigenvalue weighted by atomic mass is 10.1. The van der Waals surface area contributed by atoms with Gasteiger partial charge in [0, 0.05) is 22.5 Å². The Morgan fingerprint density at radius 2 is 0.967 bits per heavy atom. The van der Waals surface area contributed by atoms with Crippen LogP contribution >= 0.6 is 63.7 Å². The molecule has 0 aliphatic carbocycles. The number of halogens is 4. The van der Waals surface area contributed by atoms with Crippen LogP contribution in [0.2, 0.25) is 0 Å². The van der Waals surface area contributed by atoms with Gasteiger partial charge in [-0.3, -0.25) is 9.59 Å². The summed E-state index contributed by atoms with van der Waals surface area (Å²) < 4.78 is 1.69. The smallest absolute Gasteiger partial charge is 0.255 e. The molecule has 0 bridgehead atoms. The molecule has 0 radical (unpaired) electrons. The van der Waals surface area contributed by atoms with Gasteiger partial charge in [-0.1, -0.05) is 6.07 Å². The van der Waals surface area contributed by atoms with Gasteiger partial charge in [0.2, 0.25) is 0 Å². The number of phenolic OH excluding ortho intramolecular Hbond substituents is 2. The van der Waals surface area contributed by atoms with E-state index >= 15 is 0 Å². The summed E-state index contributed by atoms with van der Waals surface area (Å²) in [4.78, 5) is 25.2. The maximum Gasteiger partial charge on any atom is 0.255 e. The van der Waals surface area contributed by atoms with Crippen LogP contribution in [0.4, 0.5) is 11.4 Å². The average molecular weight is 664 g/mol. The van der Waals surface area contributed by atoms with Gasteiger partial charge in [-0.05, 0) is 106 Å². The first-order chi connectivity index (χ1) is 14.2. The number of carbonyl (C=O) groups is 2. The molecule has 3 aromatic rings. The molecule has 10 heteroatoms. The second-order valence-electron chi connectivity index (χ2n) is 6.07. The quantitative estimate of drug-likeness (QED) is 0.235. The maximum absolute atomic E-state index is 12.6. The SMILES string of the molecule is O=C(Nc1cc(Br)c(O)c(Br)c1)c1cccc(C(=O)Nc2cc(Br)c(O)c(Br)c2)c1. The van der Waals surface area contributed by atoms with Crippen LogP contribution < -0.4 is 10.6 Å². The van der Waals surface area contributed by atoms with Crippen molar-refractivity contribution < 1.29 is 19.8 Å². The minimum absolute atomic E-state index is 0.0270. The predicted molar refractivity (Wildman–Crippen MR) is 129 cm³/mol. The zero-order valence-electron chi connectivity index (χ0n) is 14.8. The molecule has 0 unspecified atom stereocenters. The first-order valence-corrected chi connectivity index (χ1v) is 11.4. The fourth-order valence-electron chi connectivity index (χ4n) is 2.48. The van der Waals surface area contributed by atoms with Crippen molar-refractivity contribution in [2.75, 3.05) is 10.6 Å². The van der Waals surface area contributed by atoms with E-state index in [2.05, 4.69) is 74.4 Å². The van der Waals surface area contributed by atoms with Gasteiger partial charge < -0.3 is 20.8 Å². The summed E-state index contributed by atoms with van der Waals surface area (Å²) in [5, 5.41) is 25.0. The van der Waals surface area contributed by atoms with Gasteiger partial charge in [-0.15, -0.1) is 0 Å². The monoisotopic (exact) mass is 660 g/mol. The lowest BCUT2D eigenvalue weighted by molar-refractivity contribution is 0.102.